The quantitative estimate of drug-likeness (QED) is 0.503. The molecule has 0 bridgehead atoms. The van der Waals surface area contributed by atoms with Crippen LogP contribution in [-0.2, 0) is 14.8 Å². The molecule has 1 unspecified atom stereocenters. The molecule has 3 aromatic rings. The maximum Gasteiger partial charge on any atom is 0.291 e. The van der Waals surface area contributed by atoms with Gasteiger partial charge in [0.05, 0.1) is 29.6 Å². The van der Waals surface area contributed by atoms with E-state index in [4.69, 9.17) is 9.15 Å². The van der Waals surface area contributed by atoms with Crippen molar-refractivity contribution in [3.05, 3.63) is 72.2 Å². The lowest BCUT2D eigenvalue weighted by molar-refractivity contribution is -0.119. The van der Waals surface area contributed by atoms with Gasteiger partial charge in [-0.1, -0.05) is 12.1 Å². The van der Waals surface area contributed by atoms with E-state index in [1.807, 2.05) is 0 Å². The number of carbonyl (C=O) groups is 2. The molecular weight excluding hydrogens is 434 g/mol. The molecule has 10 heteroatoms. The Balaban J connectivity index is 1.49. The normalized spacial score (nSPS) is 15.8. The molecule has 1 aliphatic rings. The van der Waals surface area contributed by atoms with Crippen LogP contribution in [0.3, 0.4) is 0 Å². The van der Waals surface area contributed by atoms with Crippen LogP contribution in [0.15, 0.2) is 70.2 Å². The molecule has 3 N–H and O–H groups in total. The minimum atomic E-state index is -3.85. The van der Waals surface area contributed by atoms with Gasteiger partial charge in [0.2, 0.25) is 5.91 Å². The van der Waals surface area contributed by atoms with E-state index in [9.17, 15) is 18.0 Å². The van der Waals surface area contributed by atoms with E-state index in [0.29, 0.717) is 18.7 Å². The van der Waals surface area contributed by atoms with Crippen LogP contribution in [-0.4, -0.2) is 33.9 Å². The van der Waals surface area contributed by atoms with Crippen LogP contribution in [0, 0.1) is 0 Å². The topological polar surface area (TPSA) is 127 Å². The number of anilines is 2. The third-order valence-corrected chi connectivity index (χ3v) is 6.48. The molecule has 32 heavy (non-hydrogen) atoms. The second-order valence-electron chi connectivity index (χ2n) is 7.23. The van der Waals surface area contributed by atoms with Crippen LogP contribution >= 0.6 is 0 Å². The first kappa shape index (κ1) is 21.4. The Morgan fingerprint density at radius 3 is 2.56 bits per heavy atom. The predicted octanol–water partition coefficient (Wildman–Crippen LogP) is 2.94. The maximum atomic E-state index is 12.8. The van der Waals surface area contributed by atoms with Gasteiger partial charge in [0.1, 0.15) is 5.75 Å². The number of nitrogens with one attached hydrogen (secondary N) is 3. The SMILES string of the molecule is COc1cc(NS(=O)(=O)c2ccc(C3CNC(=O)C3)cc2)ccc1NC(=O)c1ccco1. The molecule has 1 saturated heterocycles. The van der Waals surface area contributed by atoms with Crippen molar-refractivity contribution in [2.45, 2.75) is 17.2 Å². The molecule has 1 aromatic heterocycles. The Labute approximate surface area is 184 Å². The Morgan fingerprint density at radius 1 is 1.16 bits per heavy atom. The Hall–Kier alpha value is -3.79. The van der Waals surface area contributed by atoms with Crippen LogP contribution in [0.25, 0.3) is 0 Å². The van der Waals surface area contributed by atoms with Gasteiger partial charge in [-0.3, -0.25) is 14.3 Å². The largest absolute Gasteiger partial charge is 0.494 e. The molecule has 9 nitrogen and oxygen atoms in total. The summed E-state index contributed by atoms with van der Waals surface area (Å²) in [4.78, 5) is 23.7. The van der Waals surface area contributed by atoms with Crippen LogP contribution in [0.5, 0.6) is 5.75 Å². The number of sulfonamides is 1. The van der Waals surface area contributed by atoms with E-state index in [1.165, 1.54) is 49.8 Å². The Kier molecular flexibility index (Phi) is 5.87. The molecule has 1 fully saturated rings. The summed E-state index contributed by atoms with van der Waals surface area (Å²) in [7, 11) is -2.44. The molecule has 1 aliphatic heterocycles. The minimum Gasteiger partial charge on any atom is -0.494 e. The Bertz CT molecular complexity index is 1240. The third-order valence-electron chi connectivity index (χ3n) is 5.09. The van der Waals surface area contributed by atoms with Crippen molar-refractivity contribution in [1.29, 1.82) is 0 Å². The first-order valence-corrected chi connectivity index (χ1v) is 11.3. The van der Waals surface area contributed by atoms with Crippen LogP contribution in [0.2, 0.25) is 0 Å². The molecular formula is C22H21N3O6S. The summed E-state index contributed by atoms with van der Waals surface area (Å²) in [6.45, 7) is 0.547. The zero-order valence-corrected chi connectivity index (χ0v) is 17.9. The van der Waals surface area contributed by atoms with E-state index >= 15 is 0 Å². The average Bonchev–Trinajstić information content (AvgIpc) is 3.47. The summed E-state index contributed by atoms with van der Waals surface area (Å²) in [5.74, 6) is -0.00992. The highest BCUT2D eigenvalue weighted by atomic mass is 32.2. The monoisotopic (exact) mass is 455 g/mol. The molecule has 2 heterocycles. The van der Waals surface area contributed by atoms with Crippen molar-refractivity contribution in [2.75, 3.05) is 23.7 Å². The standard InChI is InChI=1S/C22H21N3O6S/c1-30-20-12-16(6-9-18(20)24-22(27)19-3-2-10-31-19)25-32(28,29)17-7-4-14(5-8-17)15-11-21(26)23-13-15/h2-10,12,15,25H,11,13H2,1H3,(H,23,26)(H,24,27). The van der Waals surface area contributed by atoms with Gasteiger partial charge in [-0.15, -0.1) is 0 Å². The number of furan rings is 1. The molecule has 2 aromatic carbocycles. The lowest BCUT2D eigenvalue weighted by atomic mass is 9.99. The highest BCUT2D eigenvalue weighted by Gasteiger charge is 2.24. The van der Waals surface area contributed by atoms with E-state index < -0.39 is 15.9 Å². The van der Waals surface area contributed by atoms with Crippen molar-refractivity contribution in [2.24, 2.45) is 0 Å². The number of amides is 2. The van der Waals surface area contributed by atoms with Crippen molar-refractivity contribution in [3.8, 4) is 5.75 Å². The summed E-state index contributed by atoms with van der Waals surface area (Å²) in [6, 6.07) is 14.1. The fourth-order valence-corrected chi connectivity index (χ4v) is 4.47. The molecule has 166 valence electrons. The van der Waals surface area contributed by atoms with Gasteiger partial charge in [0, 0.05) is 24.9 Å². The maximum absolute atomic E-state index is 12.8. The van der Waals surface area contributed by atoms with Gasteiger partial charge >= 0.3 is 0 Å². The first-order chi connectivity index (χ1) is 15.4. The molecule has 1 atom stereocenters. The van der Waals surface area contributed by atoms with Gasteiger partial charge < -0.3 is 19.8 Å². The van der Waals surface area contributed by atoms with Gasteiger partial charge in [-0.25, -0.2) is 8.42 Å². The third kappa shape index (κ3) is 4.59. The minimum absolute atomic E-state index is 0.00823. The smallest absolute Gasteiger partial charge is 0.291 e. The van der Waals surface area contributed by atoms with Gasteiger partial charge in [-0.05, 0) is 42.0 Å². The average molecular weight is 455 g/mol. The highest BCUT2D eigenvalue weighted by Crippen LogP contribution is 2.30. The van der Waals surface area contributed by atoms with E-state index in [1.54, 1.807) is 18.2 Å². The lowest BCUT2D eigenvalue weighted by Gasteiger charge is -2.14. The van der Waals surface area contributed by atoms with Gasteiger partial charge in [0.25, 0.3) is 15.9 Å². The number of ether oxygens (including phenoxy) is 1. The van der Waals surface area contributed by atoms with Crippen molar-refractivity contribution in [3.63, 3.8) is 0 Å². The number of benzene rings is 2. The number of carbonyl (C=O) groups excluding carboxylic acids is 2. The number of rotatable bonds is 7. The summed E-state index contributed by atoms with van der Waals surface area (Å²) in [6.07, 6.45) is 1.79. The fraction of sp³-hybridized carbons (Fsp3) is 0.182. The van der Waals surface area contributed by atoms with Crippen molar-refractivity contribution in [1.82, 2.24) is 5.32 Å². The summed E-state index contributed by atoms with van der Waals surface area (Å²) < 4.78 is 38.5. The summed E-state index contributed by atoms with van der Waals surface area (Å²) in [5.41, 5.74) is 1.54. The van der Waals surface area contributed by atoms with Crippen molar-refractivity contribution < 1.29 is 27.2 Å². The number of methoxy groups -OCH3 is 1. The second-order valence-corrected chi connectivity index (χ2v) is 8.91. The fourth-order valence-electron chi connectivity index (χ4n) is 3.42. The molecule has 0 radical (unpaired) electrons. The molecule has 0 spiro atoms. The summed E-state index contributed by atoms with van der Waals surface area (Å²) in [5, 5.41) is 5.43. The van der Waals surface area contributed by atoms with Crippen LogP contribution < -0.4 is 20.1 Å². The van der Waals surface area contributed by atoms with Gasteiger partial charge in [0.15, 0.2) is 5.76 Å². The summed E-state index contributed by atoms with van der Waals surface area (Å²) >= 11 is 0. The van der Waals surface area contributed by atoms with E-state index in [2.05, 4.69) is 15.4 Å². The van der Waals surface area contributed by atoms with Crippen LogP contribution in [0.4, 0.5) is 11.4 Å². The second kappa shape index (κ2) is 8.75. The zero-order chi connectivity index (χ0) is 22.7. The van der Waals surface area contributed by atoms with Crippen LogP contribution in [0.1, 0.15) is 28.5 Å². The first-order valence-electron chi connectivity index (χ1n) is 9.78. The predicted molar refractivity (Wildman–Crippen MR) is 117 cm³/mol. The number of hydrogen-bond donors (Lipinski definition) is 3. The molecule has 0 saturated carbocycles. The number of hydrogen-bond acceptors (Lipinski definition) is 6. The zero-order valence-electron chi connectivity index (χ0n) is 17.1. The van der Waals surface area contributed by atoms with Gasteiger partial charge in [-0.2, -0.15) is 0 Å². The molecule has 0 aliphatic carbocycles. The highest BCUT2D eigenvalue weighted by molar-refractivity contribution is 7.92. The van der Waals surface area contributed by atoms with E-state index in [-0.39, 0.29) is 33.9 Å². The lowest BCUT2D eigenvalue weighted by Crippen LogP contribution is -2.15. The Morgan fingerprint density at radius 2 is 1.94 bits per heavy atom. The molecule has 4 rings (SSSR count). The van der Waals surface area contributed by atoms with Crippen molar-refractivity contribution >= 4 is 33.2 Å². The van der Waals surface area contributed by atoms with E-state index in [0.717, 1.165) is 5.56 Å². The molecule has 2 amide bonds.